The van der Waals surface area contributed by atoms with E-state index < -0.39 is 16.1 Å². The molecule has 140 valence electrons. The molecule has 1 aliphatic rings. The predicted octanol–water partition coefficient (Wildman–Crippen LogP) is 2.11. The van der Waals surface area contributed by atoms with Crippen LogP contribution in [0.2, 0.25) is 0 Å². The van der Waals surface area contributed by atoms with Gasteiger partial charge in [-0.25, -0.2) is 22.8 Å². The highest BCUT2D eigenvalue weighted by Crippen LogP contribution is 2.39. The Balaban J connectivity index is 1.80. The molecule has 3 N–H and O–H groups in total. The summed E-state index contributed by atoms with van der Waals surface area (Å²) in [4.78, 5) is 8.48. The zero-order chi connectivity index (χ0) is 19.0. The van der Waals surface area contributed by atoms with E-state index in [2.05, 4.69) is 20.2 Å². The summed E-state index contributed by atoms with van der Waals surface area (Å²) in [5, 5.41) is 6.26. The molecule has 0 amide bonds. The van der Waals surface area contributed by atoms with Crippen molar-refractivity contribution in [1.29, 1.82) is 0 Å². The number of hydrogen-bond acceptors (Lipinski definition) is 6. The minimum Gasteiger partial charge on any atom is -0.368 e. The monoisotopic (exact) mass is 388 g/mol. The van der Waals surface area contributed by atoms with E-state index in [9.17, 15) is 12.8 Å². The molecule has 8 nitrogen and oxygen atoms in total. The van der Waals surface area contributed by atoms with Crippen LogP contribution >= 0.6 is 0 Å². The normalized spacial score (nSPS) is 18.0. The molecule has 1 atom stereocenters. The fraction of sp³-hybridized carbons (Fsp3) is 0.235. The Morgan fingerprint density at radius 3 is 2.70 bits per heavy atom. The number of nitrogens with two attached hydrogens (primary N) is 1. The second kappa shape index (κ2) is 6.71. The van der Waals surface area contributed by atoms with Gasteiger partial charge in [-0.1, -0.05) is 12.1 Å². The molecule has 1 unspecified atom stereocenters. The standard InChI is InChI=1S/C17H17FN6O2S/c18-12-5-3-11(4-6-12)14-10-20-17(19)23-16(14)15-2-1-7-24(15)27(25,26)13-8-21-22-9-13/h3-6,8-10,15H,1-2,7H2,(H,21,22)(H2,19,20,23). The van der Waals surface area contributed by atoms with E-state index in [1.807, 2.05) is 0 Å². The van der Waals surface area contributed by atoms with Gasteiger partial charge in [0.25, 0.3) is 0 Å². The molecular formula is C17H17FN6O2S. The fourth-order valence-electron chi connectivity index (χ4n) is 3.33. The number of hydrogen-bond donors (Lipinski definition) is 2. The molecular weight excluding hydrogens is 371 g/mol. The third-order valence-corrected chi connectivity index (χ3v) is 6.46. The van der Waals surface area contributed by atoms with Crippen molar-refractivity contribution in [2.24, 2.45) is 0 Å². The molecule has 10 heteroatoms. The van der Waals surface area contributed by atoms with E-state index in [1.165, 1.54) is 28.8 Å². The number of nitrogens with one attached hydrogen (secondary N) is 1. The largest absolute Gasteiger partial charge is 0.368 e. The maximum Gasteiger partial charge on any atom is 0.246 e. The van der Waals surface area contributed by atoms with Crippen molar-refractivity contribution < 1.29 is 12.8 Å². The highest BCUT2D eigenvalue weighted by atomic mass is 32.2. The van der Waals surface area contributed by atoms with Crippen LogP contribution < -0.4 is 5.73 Å². The van der Waals surface area contributed by atoms with Gasteiger partial charge in [-0.05, 0) is 30.5 Å². The summed E-state index contributed by atoms with van der Waals surface area (Å²) in [6.45, 7) is 0.366. The highest BCUT2D eigenvalue weighted by Gasteiger charge is 2.38. The zero-order valence-corrected chi connectivity index (χ0v) is 15.0. The Morgan fingerprint density at radius 1 is 1.22 bits per heavy atom. The first-order valence-electron chi connectivity index (χ1n) is 8.36. The molecule has 1 fully saturated rings. The van der Waals surface area contributed by atoms with Crippen LogP contribution in [0.3, 0.4) is 0 Å². The molecule has 0 bridgehead atoms. The van der Waals surface area contributed by atoms with Gasteiger partial charge in [-0.15, -0.1) is 0 Å². The maximum atomic E-state index is 13.3. The fourth-order valence-corrected chi connectivity index (χ4v) is 4.90. The Hall–Kier alpha value is -2.85. The average Bonchev–Trinajstić information content (AvgIpc) is 3.35. The van der Waals surface area contributed by atoms with E-state index in [0.717, 1.165) is 0 Å². The molecule has 0 saturated carbocycles. The molecule has 0 spiro atoms. The zero-order valence-electron chi connectivity index (χ0n) is 14.2. The summed E-state index contributed by atoms with van der Waals surface area (Å²) >= 11 is 0. The number of anilines is 1. The van der Waals surface area contributed by atoms with Crippen LogP contribution in [-0.4, -0.2) is 39.4 Å². The van der Waals surface area contributed by atoms with E-state index >= 15 is 0 Å². The van der Waals surface area contributed by atoms with Crippen LogP contribution in [0.5, 0.6) is 0 Å². The van der Waals surface area contributed by atoms with Gasteiger partial charge >= 0.3 is 0 Å². The summed E-state index contributed by atoms with van der Waals surface area (Å²) < 4.78 is 40.7. The Kier molecular flexibility index (Phi) is 4.36. The first kappa shape index (κ1) is 17.6. The van der Waals surface area contributed by atoms with E-state index in [1.54, 1.807) is 18.3 Å². The minimum absolute atomic E-state index is 0.0587. The average molecular weight is 388 g/mol. The molecule has 2 aromatic heterocycles. The first-order valence-corrected chi connectivity index (χ1v) is 9.80. The number of benzene rings is 1. The smallest absolute Gasteiger partial charge is 0.246 e. The third kappa shape index (κ3) is 3.17. The van der Waals surface area contributed by atoms with Crippen molar-refractivity contribution in [2.75, 3.05) is 12.3 Å². The number of aromatic amines is 1. The number of nitrogen functional groups attached to an aromatic ring is 1. The molecule has 3 aromatic rings. The lowest BCUT2D eigenvalue weighted by atomic mass is 10.0. The lowest BCUT2D eigenvalue weighted by Crippen LogP contribution is -2.31. The van der Waals surface area contributed by atoms with Gasteiger partial charge in [-0.3, -0.25) is 5.10 Å². The Morgan fingerprint density at radius 2 is 2.00 bits per heavy atom. The number of aromatic nitrogens is 4. The minimum atomic E-state index is -3.73. The third-order valence-electron chi connectivity index (χ3n) is 4.59. The van der Waals surface area contributed by atoms with E-state index in [-0.39, 0.29) is 16.7 Å². The van der Waals surface area contributed by atoms with Crippen molar-refractivity contribution in [3.05, 3.63) is 54.4 Å². The predicted molar refractivity (Wildman–Crippen MR) is 96.3 cm³/mol. The van der Waals surface area contributed by atoms with Gasteiger partial charge in [0.15, 0.2) is 0 Å². The van der Waals surface area contributed by atoms with Gasteiger partial charge < -0.3 is 5.73 Å². The summed E-state index contributed by atoms with van der Waals surface area (Å²) in [6.07, 6.45) is 5.46. The van der Waals surface area contributed by atoms with E-state index in [0.29, 0.717) is 36.2 Å². The SMILES string of the molecule is Nc1ncc(-c2ccc(F)cc2)c(C2CCCN2S(=O)(=O)c2cn[nH]c2)n1. The molecule has 0 aliphatic carbocycles. The molecule has 0 radical (unpaired) electrons. The number of nitrogens with zero attached hydrogens (tertiary/aromatic N) is 4. The lowest BCUT2D eigenvalue weighted by Gasteiger charge is -2.24. The van der Waals surface area contributed by atoms with Crippen molar-refractivity contribution in [3.63, 3.8) is 0 Å². The van der Waals surface area contributed by atoms with E-state index in [4.69, 9.17) is 5.73 Å². The van der Waals surface area contributed by atoms with Crippen LogP contribution in [0.25, 0.3) is 11.1 Å². The van der Waals surface area contributed by atoms with Crippen LogP contribution in [0.15, 0.2) is 47.8 Å². The van der Waals surface area contributed by atoms with Gasteiger partial charge in [-0.2, -0.15) is 9.40 Å². The number of sulfonamides is 1. The second-order valence-corrected chi connectivity index (χ2v) is 8.13. The molecule has 4 rings (SSSR count). The molecule has 3 heterocycles. The number of halogens is 1. The molecule has 1 aliphatic heterocycles. The quantitative estimate of drug-likeness (QED) is 0.707. The summed E-state index contributed by atoms with van der Waals surface area (Å²) in [5.74, 6) is -0.301. The number of rotatable bonds is 4. The first-order chi connectivity index (χ1) is 13.0. The highest BCUT2D eigenvalue weighted by molar-refractivity contribution is 7.89. The number of H-pyrrole nitrogens is 1. The van der Waals surface area contributed by atoms with Crippen molar-refractivity contribution in [2.45, 2.75) is 23.8 Å². The molecule has 1 aromatic carbocycles. The second-order valence-electron chi connectivity index (χ2n) is 6.24. The maximum absolute atomic E-state index is 13.3. The summed E-state index contributed by atoms with van der Waals surface area (Å²) in [7, 11) is -3.73. The topological polar surface area (TPSA) is 118 Å². The lowest BCUT2D eigenvalue weighted by molar-refractivity contribution is 0.391. The van der Waals surface area contributed by atoms with Crippen LogP contribution in [-0.2, 0) is 10.0 Å². The van der Waals surface area contributed by atoms with Crippen LogP contribution in [0, 0.1) is 5.82 Å². The summed E-state index contributed by atoms with van der Waals surface area (Å²) in [5.41, 5.74) is 7.62. The molecule has 1 saturated heterocycles. The van der Waals surface area contributed by atoms with Crippen LogP contribution in [0.4, 0.5) is 10.3 Å². The van der Waals surface area contributed by atoms with Crippen molar-refractivity contribution in [3.8, 4) is 11.1 Å². The molecule has 27 heavy (non-hydrogen) atoms. The summed E-state index contributed by atoms with van der Waals surface area (Å²) in [6, 6.07) is 5.40. The van der Waals surface area contributed by atoms with Gasteiger partial charge in [0.1, 0.15) is 10.7 Å². The van der Waals surface area contributed by atoms with Gasteiger partial charge in [0.2, 0.25) is 16.0 Å². The van der Waals surface area contributed by atoms with Gasteiger partial charge in [0, 0.05) is 24.5 Å². The Bertz CT molecular complexity index is 1050. The van der Waals surface area contributed by atoms with Crippen LogP contribution in [0.1, 0.15) is 24.6 Å². The van der Waals surface area contributed by atoms with Gasteiger partial charge in [0.05, 0.1) is 17.9 Å². The van der Waals surface area contributed by atoms with Crippen molar-refractivity contribution in [1.82, 2.24) is 24.5 Å². The van der Waals surface area contributed by atoms with Crippen molar-refractivity contribution >= 4 is 16.0 Å². The Labute approximate surface area is 155 Å².